The molecule has 3 aromatic rings. The summed E-state index contributed by atoms with van der Waals surface area (Å²) in [6.07, 6.45) is 0.986. The monoisotopic (exact) mass is 475 g/mol. The Kier molecular flexibility index (Phi) is 6.52. The van der Waals surface area contributed by atoms with Crippen LogP contribution in [0.15, 0.2) is 46.9 Å². The first-order valence-electron chi connectivity index (χ1n) is 8.67. The molecule has 1 heterocycles. The maximum absolute atomic E-state index is 13.1. The van der Waals surface area contributed by atoms with Gasteiger partial charge in [0.15, 0.2) is 0 Å². The van der Waals surface area contributed by atoms with Crippen LogP contribution in [0.5, 0.6) is 0 Å². The summed E-state index contributed by atoms with van der Waals surface area (Å²) in [4.78, 5) is 12.3. The molecule has 0 atom stereocenters. The molecule has 9 heteroatoms. The number of hydrogen-bond acceptors (Lipinski definition) is 4. The van der Waals surface area contributed by atoms with E-state index in [-0.39, 0.29) is 23.1 Å². The molecule has 1 amide bonds. The molecule has 0 bridgehead atoms. The highest BCUT2D eigenvalue weighted by Gasteiger charge is 2.17. The molecule has 1 aromatic heterocycles. The van der Waals surface area contributed by atoms with Gasteiger partial charge in [-0.25, -0.2) is 9.07 Å². The molecule has 0 aliphatic heterocycles. The van der Waals surface area contributed by atoms with Crippen molar-refractivity contribution >= 4 is 39.3 Å². The van der Waals surface area contributed by atoms with Gasteiger partial charge in [0.05, 0.1) is 22.0 Å². The zero-order valence-electron chi connectivity index (χ0n) is 15.1. The first-order chi connectivity index (χ1) is 13.9. The molecular formula is C20H16BrClFN5O. The number of amides is 1. The van der Waals surface area contributed by atoms with Crippen LogP contribution < -0.4 is 11.1 Å². The van der Waals surface area contributed by atoms with E-state index < -0.39 is 0 Å². The van der Waals surface area contributed by atoms with E-state index in [1.165, 1.54) is 28.9 Å². The number of nitrogens with zero attached hydrogens (tertiary/aromatic N) is 3. The number of benzene rings is 2. The fourth-order valence-corrected chi connectivity index (χ4v) is 3.34. The third-order valence-corrected chi connectivity index (χ3v) is 5.05. The Morgan fingerprint density at radius 1 is 1.31 bits per heavy atom. The zero-order chi connectivity index (χ0) is 21.0. The number of nitrogen functional groups attached to an aromatic ring is 1. The summed E-state index contributed by atoms with van der Waals surface area (Å²) in [6.45, 7) is 0.371. The minimum Gasteiger partial charge on any atom is -0.382 e. The Balaban J connectivity index is 1.66. The van der Waals surface area contributed by atoms with Crippen LogP contribution in [0.25, 0.3) is 5.69 Å². The summed E-state index contributed by atoms with van der Waals surface area (Å²) in [5.74, 6) is -0.464. The molecule has 0 fully saturated rings. The van der Waals surface area contributed by atoms with Crippen LogP contribution in [0.3, 0.4) is 0 Å². The first-order valence-corrected chi connectivity index (χ1v) is 9.84. The average molecular weight is 477 g/mol. The Morgan fingerprint density at radius 3 is 2.72 bits per heavy atom. The van der Waals surface area contributed by atoms with Crippen molar-refractivity contribution in [1.82, 2.24) is 15.1 Å². The van der Waals surface area contributed by atoms with Gasteiger partial charge in [0.25, 0.3) is 5.91 Å². The van der Waals surface area contributed by atoms with Crippen molar-refractivity contribution in [2.45, 2.75) is 12.8 Å². The molecular weight excluding hydrogens is 461 g/mol. The SMILES string of the molecule is N#Cc1c(CCCNC(=O)c2cc(Br)ccc2Cl)nn(-c2ccc(F)cc2)c1N. The zero-order valence-corrected chi connectivity index (χ0v) is 17.5. The molecule has 0 saturated heterocycles. The molecule has 0 spiro atoms. The second kappa shape index (κ2) is 9.07. The number of rotatable bonds is 6. The molecule has 29 heavy (non-hydrogen) atoms. The predicted molar refractivity (Wildman–Crippen MR) is 112 cm³/mol. The van der Waals surface area contributed by atoms with Crippen LogP contribution in [0, 0.1) is 17.1 Å². The molecule has 148 valence electrons. The maximum Gasteiger partial charge on any atom is 0.252 e. The van der Waals surface area contributed by atoms with Crippen molar-refractivity contribution in [3.05, 3.63) is 74.6 Å². The Labute approximate surface area is 180 Å². The molecule has 0 aliphatic carbocycles. The van der Waals surface area contributed by atoms with Gasteiger partial charge in [-0.2, -0.15) is 10.4 Å². The molecule has 3 N–H and O–H groups in total. The van der Waals surface area contributed by atoms with Gasteiger partial charge in [-0.3, -0.25) is 4.79 Å². The van der Waals surface area contributed by atoms with E-state index in [4.69, 9.17) is 17.3 Å². The molecule has 0 radical (unpaired) electrons. The lowest BCUT2D eigenvalue weighted by Crippen LogP contribution is -2.25. The number of hydrogen-bond donors (Lipinski definition) is 2. The van der Waals surface area contributed by atoms with E-state index >= 15 is 0 Å². The summed E-state index contributed by atoms with van der Waals surface area (Å²) in [5, 5.41) is 17.0. The molecule has 0 unspecified atom stereocenters. The maximum atomic E-state index is 13.1. The van der Waals surface area contributed by atoms with Crippen LogP contribution in [-0.2, 0) is 6.42 Å². The number of nitrogens with two attached hydrogens (primary N) is 1. The fourth-order valence-electron chi connectivity index (χ4n) is 2.78. The molecule has 2 aromatic carbocycles. The summed E-state index contributed by atoms with van der Waals surface area (Å²) < 4.78 is 15.3. The lowest BCUT2D eigenvalue weighted by Gasteiger charge is -2.07. The molecule has 0 saturated carbocycles. The highest BCUT2D eigenvalue weighted by molar-refractivity contribution is 9.10. The first kappa shape index (κ1) is 20.8. The largest absolute Gasteiger partial charge is 0.382 e. The van der Waals surface area contributed by atoms with Crippen molar-refractivity contribution in [3.63, 3.8) is 0 Å². The van der Waals surface area contributed by atoms with Crippen LogP contribution in [0.4, 0.5) is 10.2 Å². The highest BCUT2D eigenvalue weighted by atomic mass is 79.9. The summed E-state index contributed by atoms with van der Waals surface area (Å²) in [5.41, 5.74) is 7.77. The van der Waals surface area contributed by atoms with E-state index in [1.807, 2.05) is 0 Å². The number of carbonyl (C=O) groups is 1. The minimum atomic E-state index is -0.374. The van der Waals surface area contributed by atoms with Crippen LogP contribution >= 0.6 is 27.5 Å². The van der Waals surface area contributed by atoms with Gasteiger partial charge in [-0.15, -0.1) is 0 Å². The van der Waals surface area contributed by atoms with Gasteiger partial charge < -0.3 is 11.1 Å². The Hall–Kier alpha value is -2.89. The van der Waals surface area contributed by atoms with Gasteiger partial charge in [0.1, 0.15) is 23.3 Å². The fraction of sp³-hybridized carbons (Fsp3) is 0.150. The van der Waals surface area contributed by atoms with Crippen molar-refractivity contribution in [3.8, 4) is 11.8 Å². The van der Waals surface area contributed by atoms with E-state index in [2.05, 4.69) is 32.4 Å². The van der Waals surface area contributed by atoms with Crippen LogP contribution in [0.2, 0.25) is 5.02 Å². The van der Waals surface area contributed by atoms with Crippen molar-refractivity contribution in [2.24, 2.45) is 0 Å². The normalized spacial score (nSPS) is 10.6. The van der Waals surface area contributed by atoms with Crippen molar-refractivity contribution < 1.29 is 9.18 Å². The van der Waals surface area contributed by atoms with E-state index in [1.54, 1.807) is 18.2 Å². The van der Waals surface area contributed by atoms with Gasteiger partial charge >= 0.3 is 0 Å². The quantitative estimate of drug-likeness (QED) is 0.520. The van der Waals surface area contributed by atoms with Crippen molar-refractivity contribution in [1.29, 1.82) is 5.26 Å². The third kappa shape index (κ3) is 4.75. The van der Waals surface area contributed by atoms with Crippen LogP contribution in [0.1, 0.15) is 28.0 Å². The molecule has 6 nitrogen and oxygen atoms in total. The van der Waals surface area contributed by atoms with Crippen molar-refractivity contribution in [2.75, 3.05) is 12.3 Å². The number of nitriles is 1. The number of nitrogens with one attached hydrogen (secondary N) is 1. The Morgan fingerprint density at radius 2 is 2.03 bits per heavy atom. The van der Waals surface area contributed by atoms with Gasteiger partial charge in [-0.1, -0.05) is 27.5 Å². The molecule has 3 rings (SSSR count). The smallest absolute Gasteiger partial charge is 0.252 e. The second-order valence-electron chi connectivity index (χ2n) is 6.19. The third-order valence-electron chi connectivity index (χ3n) is 4.23. The standard InChI is InChI=1S/C20H16BrClFN5O/c21-12-3-8-17(22)15(10-12)20(29)26-9-1-2-18-16(11-24)19(25)28(27-18)14-6-4-13(23)5-7-14/h3-8,10H,1-2,9,25H2,(H,26,29). The number of anilines is 1. The number of aryl methyl sites for hydroxylation is 1. The van der Waals surface area contributed by atoms with E-state index in [9.17, 15) is 14.4 Å². The lowest BCUT2D eigenvalue weighted by atomic mass is 10.1. The average Bonchev–Trinajstić information content (AvgIpc) is 3.02. The van der Waals surface area contributed by atoms with Gasteiger partial charge in [0.2, 0.25) is 0 Å². The second-order valence-corrected chi connectivity index (χ2v) is 7.51. The van der Waals surface area contributed by atoms with E-state index in [0.717, 1.165) is 4.47 Å². The molecule has 0 aliphatic rings. The summed E-state index contributed by atoms with van der Waals surface area (Å²) >= 11 is 9.37. The topological polar surface area (TPSA) is 96.7 Å². The predicted octanol–water partition coefficient (Wildman–Crippen LogP) is 4.24. The highest BCUT2D eigenvalue weighted by Crippen LogP contribution is 2.22. The van der Waals surface area contributed by atoms with Crippen LogP contribution in [-0.4, -0.2) is 22.2 Å². The Bertz CT molecular complexity index is 1090. The summed E-state index contributed by atoms with van der Waals surface area (Å²) in [7, 11) is 0. The van der Waals surface area contributed by atoms with E-state index in [0.29, 0.717) is 41.4 Å². The summed E-state index contributed by atoms with van der Waals surface area (Å²) in [6, 6.07) is 12.8. The number of carbonyl (C=O) groups excluding carboxylic acids is 1. The minimum absolute atomic E-state index is 0.194. The number of aromatic nitrogens is 2. The van der Waals surface area contributed by atoms with Gasteiger partial charge in [0, 0.05) is 11.0 Å². The number of halogens is 3. The van der Waals surface area contributed by atoms with Gasteiger partial charge in [-0.05, 0) is 55.3 Å². The lowest BCUT2D eigenvalue weighted by molar-refractivity contribution is 0.0953.